The molecule has 0 aromatic heterocycles. The topological polar surface area (TPSA) is 95.9 Å². The second kappa shape index (κ2) is 61.1. The number of unbranched alkanes of at least 4 members (excludes halogenated alkanes) is 50. The summed E-state index contributed by atoms with van der Waals surface area (Å²) in [6, 6.07) is -0.628. The van der Waals surface area contributed by atoms with Crippen molar-refractivity contribution in [3.8, 4) is 0 Å². The standard InChI is InChI=1S/C65H127NO5/c1-3-5-7-9-11-13-15-17-19-26-31-35-39-43-47-51-55-59-65(70)71-60-56-52-48-44-40-36-32-28-25-23-21-22-24-27-30-34-38-42-46-50-54-58-64(69)66-62(61-67)63(68)57-53-49-45-41-37-33-29-20-18-16-14-12-10-8-6-4-2/h53,57,62-63,67-68H,3-52,54-56,58-61H2,1-2H3,(H,66,69)/b57-53+. The van der Waals surface area contributed by atoms with Crippen LogP contribution in [0, 0.1) is 0 Å². The summed E-state index contributed by atoms with van der Waals surface area (Å²) in [6.07, 6.45) is 74.0. The van der Waals surface area contributed by atoms with Crippen molar-refractivity contribution in [1.82, 2.24) is 5.32 Å². The Kier molecular flexibility index (Phi) is 59.9. The Balaban J connectivity index is 3.38. The average molecular weight is 1000 g/mol. The molecule has 0 aliphatic rings. The molecule has 2 unspecified atom stereocenters. The Labute approximate surface area is 444 Å². The summed E-state index contributed by atoms with van der Waals surface area (Å²) in [6.45, 7) is 4.94. The highest BCUT2D eigenvalue weighted by molar-refractivity contribution is 5.76. The van der Waals surface area contributed by atoms with Gasteiger partial charge in [0.1, 0.15) is 0 Å². The van der Waals surface area contributed by atoms with Crippen molar-refractivity contribution in [3.63, 3.8) is 0 Å². The molecule has 0 rings (SSSR count). The maximum Gasteiger partial charge on any atom is 0.305 e. The summed E-state index contributed by atoms with van der Waals surface area (Å²) in [7, 11) is 0. The number of hydrogen-bond acceptors (Lipinski definition) is 5. The molecule has 2 atom stereocenters. The fraction of sp³-hybridized carbons (Fsp3) is 0.938. The van der Waals surface area contributed by atoms with Gasteiger partial charge in [-0.1, -0.05) is 334 Å². The molecule has 0 bridgehead atoms. The number of amides is 1. The molecule has 0 radical (unpaired) electrons. The minimum absolute atomic E-state index is 0.0162. The van der Waals surface area contributed by atoms with Gasteiger partial charge >= 0.3 is 5.97 Å². The first-order valence-corrected chi connectivity index (χ1v) is 32.5. The Hall–Kier alpha value is -1.40. The lowest BCUT2D eigenvalue weighted by Crippen LogP contribution is -2.45. The van der Waals surface area contributed by atoms with Crippen LogP contribution in [0.5, 0.6) is 0 Å². The van der Waals surface area contributed by atoms with Crippen LogP contribution in [0.2, 0.25) is 0 Å². The summed E-state index contributed by atoms with van der Waals surface area (Å²) >= 11 is 0. The van der Waals surface area contributed by atoms with Crippen molar-refractivity contribution in [2.45, 2.75) is 379 Å². The molecule has 0 aromatic carbocycles. The van der Waals surface area contributed by atoms with E-state index in [4.69, 9.17) is 4.74 Å². The number of allylic oxidation sites excluding steroid dienone is 1. The maximum atomic E-state index is 12.5. The number of aliphatic hydroxyl groups excluding tert-OH is 2. The van der Waals surface area contributed by atoms with E-state index in [1.54, 1.807) is 6.08 Å². The summed E-state index contributed by atoms with van der Waals surface area (Å²) in [5, 5.41) is 23.2. The predicted octanol–water partition coefficient (Wildman–Crippen LogP) is 20.4. The van der Waals surface area contributed by atoms with Crippen LogP contribution in [-0.2, 0) is 14.3 Å². The van der Waals surface area contributed by atoms with Gasteiger partial charge in [0, 0.05) is 12.8 Å². The number of aliphatic hydroxyl groups is 2. The van der Waals surface area contributed by atoms with Gasteiger partial charge in [-0.25, -0.2) is 0 Å². The SMILES string of the molecule is CCCCCCCCCCCCCCCC/C=C/C(O)C(CO)NC(=O)CCCCCCCCCCCCCCCCCCCCCCCOC(=O)CCCCCCCCCCCCCCCCCCC. The van der Waals surface area contributed by atoms with E-state index < -0.39 is 12.1 Å². The van der Waals surface area contributed by atoms with Gasteiger partial charge in [0.2, 0.25) is 5.91 Å². The van der Waals surface area contributed by atoms with Crippen LogP contribution in [0.1, 0.15) is 367 Å². The van der Waals surface area contributed by atoms with E-state index >= 15 is 0 Å². The fourth-order valence-electron chi connectivity index (χ4n) is 10.3. The Morgan fingerprint density at radius 1 is 0.380 bits per heavy atom. The molecule has 0 heterocycles. The first-order valence-electron chi connectivity index (χ1n) is 32.5. The molecule has 0 spiro atoms. The van der Waals surface area contributed by atoms with Crippen LogP contribution in [0.15, 0.2) is 12.2 Å². The zero-order chi connectivity index (χ0) is 51.4. The Bertz CT molecular complexity index is 1060. The predicted molar refractivity (Wildman–Crippen MR) is 310 cm³/mol. The van der Waals surface area contributed by atoms with E-state index in [0.29, 0.717) is 19.4 Å². The van der Waals surface area contributed by atoms with Gasteiger partial charge in [0.05, 0.1) is 25.4 Å². The average Bonchev–Trinajstić information content (AvgIpc) is 3.37. The molecule has 0 aliphatic heterocycles. The molecule has 3 N–H and O–H groups in total. The molecular formula is C65H127NO5. The Morgan fingerprint density at radius 2 is 0.648 bits per heavy atom. The van der Waals surface area contributed by atoms with E-state index in [1.165, 1.54) is 302 Å². The third kappa shape index (κ3) is 57.7. The number of carbonyl (C=O) groups excluding carboxylic acids is 2. The largest absolute Gasteiger partial charge is 0.466 e. The number of carbonyl (C=O) groups is 2. The monoisotopic (exact) mass is 1000 g/mol. The van der Waals surface area contributed by atoms with E-state index in [-0.39, 0.29) is 18.5 Å². The minimum Gasteiger partial charge on any atom is -0.466 e. The van der Waals surface area contributed by atoms with Crippen LogP contribution >= 0.6 is 0 Å². The highest BCUT2D eigenvalue weighted by Crippen LogP contribution is 2.18. The first-order chi connectivity index (χ1) is 35.0. The quantitative estimate of drug-likeness (QED) is 0.0320. The van der Waals surface area contributed by atoms with E-state index in [2.05, 4.69) is 19.2 Å². The van der Waals surface area contributed by atoms with Crippen LogP contribution in [-0.4, -0.2) is 47.4 Å². The molecule has 1 amide bonds. The van der Waals surface area contributed by atoms with E-state index in [1.807, 2.05) is 6.08 Å². The molecule has 0 saturated heterocycles. The van der Waals surface area contributed by atoms with Gasteiger partial charge in [-0.15, -0.1) is 0 Å². The van der Waals surface area contributed by atoms with Crippen molar-refractivity contribution in [2.75, 3.05) is 13.2 Å². The molecule has 422 valence electrons. The van der Waals surface area contributed by atoms with Gasteiger partial charge in [-0.2, -0.15) is 0 Å². The summed E-state index contributed by atoms with van der Waals surface area (Å²) in [5.74, 6) is -0.0498. The van der Waals surface area contributed by atoms with Crippen molar-refractivity contribution >= 4 is 11.9 Å². The Morgan fingerprint density at radius 3 is 0.958 bits per heavy atom. The zero-order valence-electron chi connectivity index (χ0n) is 48.2. The van der Waals surface area contributed by atoms with Crippen molar-refractivity contribution < 1.29 is 24.5 Å². The van der Waals surface area contributed by atoms with Crippen molar-refractivity contribution in [2.24, 2.45) is 0 Å². The third-order valence-electron chi connectivity index (χ3n) is 15.3. The fourth-order valence-corrected chi connectivity index (χ4v) is 10.3. The van der Waals surface area contributed by atoms with Crippen LogP contribution in [0.3, 0.4) is 0 Å². The highest BCUT2D eigenvalue weighted by atomic mass is 16.5. The maximum absolute atomic E-state index is 12.5. The number of hydrogen-bond donors (Lipinski definition) is 3. The lowest BCUT2D eigenvalue weighted by atomic mass is 10.0. The van der Waals surface area contributed by atoms with E-state index in [9.17, 15) is 19.8 Å². The molecule has 0 fully saturated rings. The van der Waals surface area contributed by atoms with Gasteiger partial charge in [-0.05, 0) is 32.1 Å². The van der Waals surface area contributed by atoms with Gasteiger partial charge in [-0.3, -0.25) is 9.59 Å². The van der Waals surface area contributed by atoms with Crippen molar-refractivity contribution in [1.29, 1.82) is 0 Å². The first kappa shape index (κ1) is 69.6. The summed E-state index contributed by atoms with van der Waals surface area (Å²) < 4.78 is 5.50. The van der Waals surface area contributed by atoms with Gasteiger partial charge in [0.25, 0.3) is 0 Å². The second-order valence-electron chi connectivity index (χ2n) is 22.5. The van der Waals surface area contributed by atoms with Crippen LogP contribution in [0.4, 0.5) is 0 Å². The normalized spacial score (nSPS) is 12.6. The molecular weight excluding hydrogens is 875 g/mol. The molecule has 6 heteroatoms. The molecule has 71 heavy (non-hydrogen) atoms. The number of ether oxygens (including phenoxy) is 1. The summed E-state index contributed by atoms with van der Waals surface area (Å²) in [5.41, 5.74) is 0. The highest BCUT2D eigenvalue weighted by Gasteiger charge is 2.18. The summed E-state index contributed by atoms with van der Waals surface area (Å²) in [4.78, 5) is 24.6. The lowest BCUT2D eigenvalue weighted by molar-refractivity contribution is -0.143. The van der Waals surface area contributed by atoms with Gasteiger partial charge in [0.15, 0.2) is 0 Å². The number of esters is 1. The number of rotatable bonds is 61. The van der Waals surface area contributed by atoms with Crippen molar-refractivity contribution in [3.05, 3.63) is 12.2 Å². The third-order valence-corrected chi connectivity index (χ3v) is 15.3. The minimum atomic E-state index is -0.844. The zero-order valence-corrected chi connectivity index (χ0v) is 48.2. The van der Waals surface area contributed by atoms with Crippen LogP contribution < -0.4 is 5.32 Å². The smallest absolute Gasteiger partial charge is 0.305 e. The second-order valence-corrected chi connectivity index (χ2v) is 22.5. The lowest BCUT2D eigenvalue weighted by Gasteiger charge is -2.20. The van der Waals surface area contributed by atoms with Gasteiger partial charge < -0.3 is 20.3 Å². The number of nitrogens with one attached hydrogen (secondary N) is 1. The molecule has 6 nitrogen and oxygen atoms in total. The molecule has 0 aromatic rings. The molecule has 0 aliphatic carbocycles. The van der Waals surface area contributed by atoms with E-state index in [0.717, 1.165) is 38.5 Å². The molecule has 0 saturated carbocycles. The van der Waals surface area contributed by atoms with Crippen LogP contribution in [0.25, 0.3) is 0 Å².